The summed E-state index contributed by atoms with van der Waals surface area (Å²) in [5.41, 5.74) is 1.97. The molecule has 0 saturated heterocycles. The first-order valence-electron chi connectivity index (χ1n) is 6.58. The SMILES string of the molecule is CN(CCCc1ccccc1)C(=O)c1ccnc(Br)c1. The van der Waals surface area contributed by atoms with Gasteiger partial charge in [0.1, 0.15) is 4.60 Å². The molecule has 0 fully saturated rings. The Kier molecular flexibility index (Phi) is 5.30. The fourth-order valence-electron chi connectivity index (χ4n) is 2.02. The monoisotopic (exact) mass is 332 g/mol. The highest BCUT2D eigenvalue weighted by molar-refractivity contribution is 9.10. The van der Waals surface area contributed by atoms with Crippen LogP contribution in [0.3, 0.4) is 0 Å². The summed E-state index contributed by atoms with van der Waals surface area (Å²) in [5, 5.41) is 0. The lowest BCUT2D eigenvalue weighted by Crippen LogP contribution is -2.28. The van der Waals surface area contributed by atoms with Gasteiger partial charge in [-0.1, -0.05) is 30.3 Å². The maximum absolute atomic E-state index is 12.2. The molecule has 4 heteroatoms. The van der Waals surface area contributed by atoms with E-state index in [1.54, 1.807) is 23.2 Å². The quantitative estimate of drug-likeness (QED) is 0.784. The lowest BCUT2D eigenvalue weighted by Gasteiger charge is -2.17. The van der Waals surface area contributed by atoms with Crippen molar-refractivity contribution in [1.29, 1.82) is 0 Å². The topological polar surface area (TPSA) is 33.2 Å². The van der Waals surface area contributed by atoms with Crippen LogP contribution in [0.4, 0.5) is 0 Å². The molecule has 2 aromatic rings. The van der Waals surface area contributed by atoms with Gasteiger partial charge in [0.2, 0.25) is 0 Å². The van der Waals surface area contributed by atoms with Gasteiger partial charge in [0.05, 0.1) is 0 Å². The van der Waals surface area contributed by atoms with Crippen molar-refractivity contribution in [2.75, 3.05) is 13.6 Å². The zero-order valence-electron chi connectivity index (χ0n) is 11.4. The number of rotatable bonds is 5. The van der Waals surface area contributed by atoms with Gasteiger partial charge in [-0.25, -0.2) is 4.98 Å². The second-order valence-corrected chi connectivity index (χ2v) is 5.50. The largest absolute Gasteiger partial charge is 0.342 e. The number of halogens is 1. The molecule has 0 bridgehead atoms. The Hall–Kier alpha value is -1.68. The first kappa shape index (κ1) is 14.7. The second kappa shape index (κ2) is 7.20. The van der Waals surface area contributed by atoms with E-state index in [4.69, 9.17) is 0 Å². The van der Waals surface area contributed by atoms with E-state index in [9.17, 15) is 4.79 Å². The first-order valence-corrected chi connectivity index (χ1v) is 7.37. The van der Waals surface area contributed by atoms with Gasteiger partial charge in [-0.3, -0.25) is 4.79 Å². The van der Waals surface area contributed by atoms with Gasteiger partial charge in [-0.05, 0) is 46.5 Å². The molecule has 0 aliphatic rings. The lowest BCUT2D eigenvalue weighted by molar-refractivity contribution is 0.0793. The third-order valence-electron chi connectivity index (χ3n) is 3.12. The lowest BCUT2D eigenvalue weighted by atomic mass is 10.1. The number of aromatic nitrogens is 1. The predicted molar refractivity (Wildman–Crippen MR) is 83.7 cm³/mol. The summed E-state index contributed by atoms with van der Waals surface area (Å²) < 4.78 is 0.682. The molecule has 3 nitrogen and oxygen atoms in total. The van der Waals surface area contributed by atoms with E-state index in [0.29, 0.717) is 10.2 Å². The number of nitrogens with zero attached hydrogens (tertiary/aromatic N) is 2. The van der Waals surface area contributed by atoms with Crippen molar-refractivity contribution in [2.45, 2.75) is 12.8 Å². The van der Waals surface area contributed by atoms with Gasteiger partial charge in [-0.2, -0.15) is 0 Å². The summed E-state index contributed by atoms with van der Waals surface area (Å²) in [6, 6.07) is 13.8. The minimum absolute atomic E-state index is 0.0289. The van der Waals surface area contributed by atoms with E-state index < -0.39 is 0 Å². The average Bonchev–Trinajstić information content (AvgIpc) is 2.47. The van der Waals surface area contributed by atoms with Crippen LogP contribution in [0.5, 0.6) is 0 Å². The summed E-state index contributed by atoms with van der Waals surface area (Å²) in [7, 11) is 1.83. The molecule has 104 valence electrons. The van der Waals surface area contributed by atoms with Crippen molar-refractivity contribution >= 4 is 21.8 Å². The van der Waals surface area contributed by atoms with E-state index in [1.807, 2.05) is 25.2 Å². The molecule has 1 aromatic heterocycles. The summed E-state index contributed by atoms with van der Waals surface area (Å²) in [6.07, 6.45) is 3.58. The van der Waals surface area contributed by atoms with Gasteiger partial charge in [-0.15, -0.1) is 0 Å². The molecule has 0 spiro atoms. The maximum Gasteiger partial charge on any atom is 0.253 e. The van der Waals surface area contributed by atoms with E-state index in [2.05, 4.69) is 33.0 Å². The van der Waals surface area contributed by atoms with Crippen molar-refractivity contribution in [1.82, 2.24) is 9.88 Å². The number of amides is 1. The predicted octanol–water partition coefficient (Wildman–Crippen LogP) is 3.55. The standard InChI is InChI=1S/C16H17BrN2O/c1-19(11-5-8-13-6-3-2-4-7-13)16(20)14-9-10-18-15(17)12-14/h2-4,6-7,9-10,12H,5,8,11H2,1H3. The molecule has 0 unspecified atom stereocenters. The highest BCUT2D eigenvalue weighted by atomic mass is 79.9. The van der Waals surface area contributed by atoms with Gasteiger partial charge in [0, 0.05) is 25.4 Å². The van der Waals surface area contributed by atoms with Gasteiger partial charge >= 0.3 is 0 Å². The fraction of sp³-hybridized carbons (Fsp3) is 0.250. The van der Waals surface area contributed by atoms with Crippen LogP contribution in [0.1, 0.15) is 22.3 Å². The molecular formula is C16H17BrN2O. The minimum Gasteiger partial charge on any atom is -0.342 e. The highest BCUT2D eigenvalue weighted by Crippen LogP contribution is 2.11. The zero-order valence-corrected chi connectivity index (χ0v) is 13.0. The molecule has 0 aliphatic carbocycles. The van der Waals surface area contributed by atoms with E-state index in [0.717, 1.165) is 19.4 Å². The Morgan fingerprint density at radius 3 is 2.70 bits per heavy atom. The van der Waals surface area contributed by atoms with Crippen LogP contribution in [0.25, 0.3) is 0 Å². The third kappa shape index (κ3) is 4.17. The Morgan fingerprint density at radius 2 is 2.00 bits per heavy atom. The van der Waals surface area contributed by atoms with Crippen molar-refractivity contribution in [3.63, 3.8) is 0 Å². The van der Waals surface area contributed by atoms with Crippen LogP contribution in [-0.2, 0) is 6.42 Å². The highest BCUT2D eigenvalue weighted by Gasteiger charge is 2.11. The molecule has 1 amide bonds. The molecule has 1 aromatic carbocycles. The van der Waals surface area contributed by atoms with E-state index in [-0.39, 0.29) is 5.91 Å². The van der Waals surface area contributed by atoms with E-state index >= 15 is 0 Å². The Balaban J connectivity index is 1.85. The third-order valence-corrected chi connectivity index (χ3v) is 3.56. The molecular weight excluding hydrogens is 316 g/mol. The van der Waals surface area contributed by atoms with Gasteiger partial charge in [0.25, 0.3) is 5.91 Å². The number of pyridine rings is 1. The summed E-state index contributed by atoms with van der Waals surface area (Å²) >= 11 is 3.28. The summed E-state index contributed by atoms with van der Waals surface area (Å²) in [6.45, 7) is 0.744. The Labute approximate surface area is 127 Å². The van der Waals surface area contributed by atoms with Crippen molar-refractivity contribution < 1.29 is 4.79 Å². The molecule has 20 heavy (non-hydrogen) atoms. The number of carbonyl (C=O) groups excluding carboxylic acids is 1. The van der Waals surface area contributed by atoms with Crippen molar-refractivity contribution in [2.24, 2.45) is 0 Å². The molecule has 2 rings (SSSR count). The number of hydrogen-bond acceptors (Lipinski definition) is 2. The number of carbonyl (C=O) groups is 1. The Morgan fingerprint density at radius 1 is 1.25 bits per heavy atom. The molecule has 0 N–H and O–H groups in total. The molecule has 0 aliphatic heterocycles. The second-order valence-electron chi connectivity index (χ2n) is 4.68. The number of hydrogen-bond donors (Lipinski definition) is 0. The van der Waals surface area contributed by atoms with Crippen molar-refractivity contribution in [3.05, 3.63) is 64.4 Å². The Bertz CT molecular complexity index is 572. The average molecular weight is 333 g/mol. The van der Waals surface area contributed by atoms with Crippen LogP contribution in [0, 0.1) is 0 Å². The van der Waals surface area contributed by atoms with Crippen LogP contribution >= 0.6 is 15.9 Å². The molecule has 0 radical (unpaired) electrons. The minimum atomic E-state index is 0.0289. The summed E-state index contributed by atoms with van der Waals surface area (Å²) in [5.74, 6) is 0.0289. The first-order chi connectivity index (χ1) is 9.66. The number of aryl methyl sites for hydroxylation is 1. The smallest absolute Gasteiger partial charge is 0.253 e. The van der Waals surface area contributed by atoms with Gasteiger partial charge in [0.15, 0.2) is 0 Å². The molecule has 1 heterocycles. The fourth-order valence-corrected chi connectivity index (χ4v) is 2.39. The maximum atomic E-state index is 12.2. The van der Waals surface area contributed by atoms with Crippen LogP contribution in [0.2, 0.25) is 0 Å². The van der Waals surface area contributed by atoms with Gasteiger partial charge < -0.3 is 4.90 Å². The molecule has 0 atom stereocenters. The number of benzene rings is 1. The van der Waals surface area contributed by atoms with Crippen molar-refractivity contribution in [3.8, 4) is 0 Å². The molecule has 0 saturated carbocycles. The van der Waals surface area contributed by atoms with Crippen LogP contribution in [0.15, 0.2) is 53.3 Å². The summed E-state index contributed by atoms with van der Waals surface area (Å²) in [4.78, 5) is 18.0. The van der Waals surface area contributed by atoms with Crippen LogP contribution in [-0.4, -0.2) is 29.4 Å². The van der Waals surface area contributed by atoms with E-state index in [1.165, 1.54) is 5.56 Å². The normalized spacial score (nSPS) is 10.3. The zero-order chi connectivity index (χ0) is 14.4. The van der Waals surface area contributed by atoms with Crippen LogP contribution < -0.4 is 0 Å².